The summed E-state index contributed by atoms with van der Waals surface area (Å²) in [4.78, 5) is 13.4. The number of hydrogen-bond donors (Lipinski definition) is 0. The van der Waals surface area contributed by atoms with Gasteiger partial charge in [-0.15, -0.1) is 0 Å². The second kappa shape index (κ2) is 3.66. The molecule has 2 fully saturated rings. The van der Waals surface area contributed by atoms with Gasteiger partial charge in [-0.05, 0) is 31.7 Å². The number of hydrogen-bond acceptors (Lipinski definition) is 3. The predicted octanol–water partition coefficient (Wildman–Crippen LogP) is 1.03. The highest BCUT2D eigenvalue weighted by Crippen LogP contribution is 2.37. The van der Waals surface area contributed by atoms with Crippen LogP contribution in [-0.4, -0.2) is 37.1 Å². The third kappa shape index (κ3) is 1.70. The Kier molecular flexibility index (Phi) is 2.54. The summed E-state index contributed by atoms with van der Waals surface area (Å²) < 4.78 is 4.68. The lowest BCUT2D eigenvalue weighted by molar-refractivity contribution is -0.142. The van der Waals surface area contributed by atoms with E-state index >= 15 is 0 Å². The Hall–Kier alpha value is -0.570. The maximum absolute atomic E-state index is 11.1. The average Bonchev–Trinajstić information content (AvgIpc) is 2.69. The number of ether oxygens (including phenoxy) is 1. The van der Waals surface area contributed by atoms with Crippen LogP contribution >= 0.6 is 0 Å². The minimum absolute atomic E-state index is 0.0902. The zero-order valence-electron chi connectivity index (χ0n) is 8.16. The van der Waals surface area contributed by atoms with Crippen molar-refractivity contribution in [2.75, 3.05) is 20.2 Å². The Bertz CT molecular complexity index is 205. The average molecular weight is 183 g/mol. The molecule has 74 valence electrons. The van der Waals surface area contributed by atoms with Gasteiger partial charge in [0, 0.05) is 6.04 Å². The molecule has 1 saturated heterocycles. The predicted molar refractivity (Wildman–Crippen MR) is 49.3 cm³/mol. The van der Waals surface area contributed by atoms with Crippen LogP contribution in [0.2, 0.25) is 0 Å². The van der Waals surface area contributed by atoms with Gasteiger partial charge in [-0.3, -0.25) is 9.69 Å². The van der Waals surface area contributed by atoms with Gasteiger partial charge in [0.25, 0.3) is 0 Å². The van der Waals surface area contributed by atoms with E-state index in [1.807, 2.05) is 0 Å². The second-order valence-electron chi connectivity index (χ2n) is 4.09. The first-order chi connectivity index (χ1) is 6.31. The Labute approximate surface area is 79.0 Å². The molecule has 0 spiro atoms. The summed E-state index contributed by atoms with van der Waals surface area (Å²) in [7, 11) is 1.46. The molecule has 0 aromatic carbocycles. The van der Waals surface area contributed by atoms with Crippen LogP contribution < -0.4 is 0 Å². The number of nitrogens with zero attached hydrogens (tertiary/aromatic N) is 1. The molecule has 0 radical (unpaired) electrons. The van der Waals surface area contributed by atoms with Gasteiger partial charge in [0.05, 0.1) is 13.7 Å². The van der Waals surface area contributed by atoms with Gasteiger partial charge in [0.2, 0.25) is 0 Å². The Balaban J connectivity index is 1.90. The number of fused-ring (bicyclic) bond motifs is 1. The summed E-state index contributed by atoms with van der Waals surface area (Å²) in [6.07, 6.45) is 5.26. The number of rotatable bonds is 2. The van der Waals surface area contributed by atoms with E-state index in [9.17, 15) is 4.79 Å². The smallest absolute Gasteiger partial charge is 0.319 e. The fraction of sp³-hybridized carbons (Fsp3) is 0.900. The standard InChI is InChI=1S/C10H17NO2/c1-13-10(12)7-11-6-5-8-3-2-4-9(8)11/h8-9H,2-7H2,1H3/t8-,9-/m1/s1. The number of carbonyl (C=O) groups is 1. The van der Waals surface area contributed by atoms with Crippen molar-refractivity contribution in [3.63, 3.8) is 0 Å². The summed E-state index contributed by atoms with van der Waals surface area (Å²) in [5.74, 6) is 0.775. The van der Waals surface area contributed by atoms with Crippen molar-refractivity contribution < 1.29 is 9.53 Å². The molecule has 13 heavy (non-hydrogen) atoms. The van der Waals surface area contributed by atoms with Crippen LogP contribution in [0.4, 0.5) is 0 Å². The molecule has 1 aliphatic carbocycles. The van der Waals surface area contributed by atoms with E-state index in [0.717, 1.165) is 12.5 Å². The Morgan fingerprint density at radius 2 is 2.31 bits per heavy atom. The normalized spacial score (nSPS) is 33.3. The second-order valence-corrected chi connectivity index (χ2v) is 4.09. The van der Waals surface area contributed by atoms with Crippen molar-refractivity contribution in [1.29, 1.82) is 0 Å². The number of esters is 1. The van der Waals surface area contributed by atoms with Gasteiger partial charge in [-0.2, -0.15) is 0 Å². The van der Waals surface area contributed by atoms with E-state index < -0.39 is 0 Å². The third-order valence-corrected chi connectivity index (χ3v) is 3.43. The molecule has 2 aliphatic rings. The lowest BCUT2D eigenvalue weighted by atomic mass is 10.1. The number of likely N-dealkylation sites (tertiary alicyclic amines) is 1. The van der Waals surface area contributed by atoms with E-state index in [-0.39, 0.29) is 5.97 Å². The van der Waals surface area contributed by atoms with Gasteiger partial charge in [0.15, 0.2) is 0 Å². The van der Waals surface area contributed by atoms with Crippen LogP contribution in [0.25, 0.3) is 0 Å². The van der Waals surface area contributed by atoms with Gasteiger partial charge >= 0.3 is 5.97 Å². The topological polar surface area (TPSA) is 29.5 Å². The zero-order valence-corrected chi connectivity index (χ0v) is 8.16. The van der Waals surface area contributed by atoms with Crippen LogP contribution in [0, 0.1) is 5.92 Å². The molecule has 0 amide bonds. The molecular formula is C10H17NO2. The maximum Gasteiger partial charge on any atom is 0.319 e. The van der Waals surface area contributed by atoms with E-state index in [4.69, 9.17) is 0 Å². The van der Waals surface area contributed by atoms with E-state index in [0.29, 0.717) is 12.6 Å². The maximum atomic E-state index is 11.1. The molecule has 2 atom stereocenters. The molecule has 0 unspecified atom stereocenters. The molecule has 0 bridgehead atoms. The zero-order chi connectivity index (χ0) is 9.26. The van der Waals surface area contributed by atoms with Gasteiger partial charge < -0.3 is 4.74 Å². The molecule has 1 heterocycles. The first-order valence-electron chi connectivity index (χ1n) is 5.12. The number of carbonyl (C=O) groups excluding carboxylic acids is 1. The number of methoxy groups -OCH3 is 1. The lowest BCUT2D eigenvalue weighted by Gasteiger charge is -2.21. The van der Waals surface area contributed by atoms with Gasteiger partial charge in [-0.25, -0.2) is 0 Å². The minimum atomic E-state index is -0.0902. The molecule has 1 aliphatic heterocycles. The molecular weight excluding hydrogens is 166 g/mol. The van der Waals surface area contributed by atoms with Crippen LogP contribution in [0.5, 0.6) is 0 Å². The van der Waals surface area contributed by atoms with Crippen molar-refractivity contribution in [2.45, 2.75) is 31.7 Å². The van der Waals surface area contributed by atoms with E-state index in [1.165, 1.54) is 32.8 Å². The minimum Gasteiger partial charge on any atom is -0.468 e. The molecule has 0 N–H and O–H groups in total. The summed E-state index contributed by atoms with van der Waals surface area (Å²) >= 11 is 0. The van der Waals surface area contributed by atoms with Gasteiger partial charge in [0.1, 0.15) is 0 Å². The van der Waals surface area contributed by atoms with Crippen LogP contribution in [0.1, 0.15) is 25.7 Å². The van der Waals surface area contributed by atoms with Crippen molar-refractivity contribution in [3.05, 3.63) is 0 Å². The molecule has 1 saturated carbocycles. The van der Waals surface area contributed by atoms with E-state index in [1.54, 1.807) is 0 Å². The summed E-state index contributed by atoms with van der Waals surface area (Å²) in [5.41, 5.74) is 0. The Morgan fingerprint density at radius 3 is 3.08 bits per heavy atom. The SMILES string of the molecule is COC(=O)CN1CC[C@H]2CCC[C@H]21. The Morgan fingerprint density at radius 1 is 1.46 bits per heavy atom. The van der Waals surface area contributed by atoms with Crippen molar-refractivity contribution in [3.8, 4) is 0 Å². The lowest BCUT2D eigenvalue weighted by Crippen LogP contribution is -2.35. The molecule has 0 aromatic heterocycles. The molecule has 0 aromatic rings. The fourth-order valence-electron chi connectivity index (χ4n) is 2.76. The summed E-state index contributed by atoms with van der Waals surface area (Å²) in [6.45, 7) is 1.59. The van der Waals surface area contributed by atoms with Crippen LogP contribution in [0.3, 0.4) is 0 Å². The molecule has 3 heteroatoms. The highest BCUT2D eigenvalue weighted by Gasteiger charge is 2.37. The van der Waals surface area contributed by atoms with Crippen molar-refractivity contribution in [1.82, 2.24) is 4.90 Å². The third-order valence-electron chi connectivity index (χ3n) is 3.43. The highest BCUT2D eigenvalue weighted by molar-refractivity contribution is 5.71. The monoisotopic (exact) mass is 183 g/mol. The van der Waals surface area contributed by atoms with Crippen LogP contribution in [-0.2, 0) is 9.53 Å². The highest BCUT2D eigenvalue weighted by atomic mass is 16.5. The first-order valence-corrected chi connectivity index (χ1v) is 5.12. The summed E-state index contributed by atoms with van der Waals surface area (Å²) in [6, 6.07) is 0.680. The summed E-state index contributed by atoms with van der Waals surface area (Å²) in [5, 5.41) is 0. The quantitative estimate of drug-likeness (QED) is 0.599. The fourth-order valence-corrected chi connectivity index (χ4v) is 2.76. The van der Waals surface area contributed by atoms with Crippen molar-refractivity contribution in [2.24, 2.45) is 5.92 Å². The largest absolute Gasteiger partial charge is 0.468 e. The van der Waals surface area contributed by atoms with Crippen LogP contribution in [0.15, 0.2) is 0 Å². The molecule has 3 nitrogen and oxygen atoms in total. The van der Waals surface area contributed by atoms with Gasteiger partial charge in [-0.1, -0.05) is 6.42 Å². The van der Waals surface area contributed by atoms with Crippen molar-refractivity contribution >= 4 is 5.97 Å². The van der Waals surface area contributed by atoms with E-state index in [2.05, 4.69) is 9.64 Å². The first kappa shape index (κ1) is 9.00. The molecule has 2 rings (SSSR count).